The summed E-state index contributed by atoms with van der Waals surface area (Å²) in [7, 11) is 1.77. The van der Waals surface area contributed by atoms with Crippen LogP contribution in [0.25, 0.3) is 0 Å². The number of halogens is 2. The first-order valence-corrected chi connectivity index (χ1v) is 6.47. The lowest BCUT2D eigenvalue weighted by atomic mass is 10.0. The molecule has 0 unspecified atom stereocenters. The fourth-order valence-corrected chi connectivity index (χ4v) is 2.07. The Kier molecular flexibility index (Phi) is 4.27. The fraction of sp³-hybridized carbons (Fsp3) is 0.333. The van der Waals surface area contributed by atoms with E-state index in [1.165, 1.54) is 12.1 Å². The van der Waals surface area contributed by atoms with Crippen molar-refractivity contribution in [3.05, 3.63) is 52.9 Å². The van der Waals surface area contributed by atoms with E-state index >= 15 is 0 Å². The quantitative estimate of drug-likeness (QED) is 0.842. The highest BCUT2D eigenvalue weighted by atomic mass is 19.2. The molecule has 2 rings (SSSR count). The first-order valence-electron chi connectivity index (χ1n) is 6.47. The Morgan fingerprint density at radius 2 is 2.05 bits per heavy atom. The Morgan fingerprint density at radius 1 is 1.30 bits per heavy atom. The van der Waals surface area contributed by atoms with Crippen LogP contribution < -0.4 is 0 Å². The summed E-state index contributed by atoms with van der Waals surface area (Å²) in [6.45, 7) is 1.98. The van der Waals surface area contributed by atoms with Gasteiger partial charge in [0, 0.05) is 25.6 Å². The molecule has 0 saturated carbocycles. The van der Waals surface area contributed by atoms with Crippen molar-refractivity contribution in [2.24, 2.45) is 7.05 Å². The number of aromatic nitrogens is 2. The molecular weight excluding hydrogens is 262 g/mol. The maximum absolute atomic E-state index is 13.5. The third-order valence-corrected chi connectivity index (χ3v) is 3.19. The number of carbonyl (C=O) groups is 1. The van der Waals surface area contributed by atoms with E-state index < -0.39 is 11.6 Å². The first kappa shape index (κ1) is 14.4. The predicted molar refractivity (Wildman–Crippen MR) is 71.4 cm³/mol. The van der Waals surface area contributed by atoms with E-state index in [9.17, 15) is 13.6 Å². The summed E-state index contributed by atoms with van der Waals surface area (Å²) in [4.78, 5) is 12.0. The number of carbonyl (C=O) groups excluding carboxylic acids is 1. The van der Waals surface area contributed by atoms with E-state index in [1.54, 1.807) is 11.7 Å². The second-order valence-electron chi connectivity index (χ2n) is 4.71. The van der Waals surface area contributed by atoms with Gasteiger partial charge in [0.1, 0.15) is 5.78 Å². The minimum atomic E-state index is -0.944. The second kappa shape index (κ2) is 5.94. The Labute approximate surface area is 116 Å². The van der Waals surface area contributed by atoms with Gasteiger partial charge in [0.25, 0.3) is 0 Å². The monoisotopic (exact) mass is 278 g/mol. The van der Waals surface area contributed by atoms with Crippen LogP contribution in [0.1, 0.15) is 23.9 Å². The van der Waals surface area contributed by atoms with Crippen molar-refractivity contribution in [2.45, 2.75) is 26.2 Å². The van der Waals surface area contributed by atoms with Crippen LogP contribution in [0.4, 0.5) is 8.78 Å². The number of benzene rings is 1. The van der Waals surface area contributed by atoms with Crippen molar-refractivity contribution in [2.75, 3.05) is 0 Å². The highest BCUT2D eigenvalue weighted by Crippen LogP contribution is 2.13. The van der Waals surface area contributed by atoms with Gasteiger partial charge in [-0.3, -0.25) is 9.48 Å². The zero-order valence-electron chi connectivity index (χ0n) is 11.5. The maximum Gasteiger partial charge on any atom is 0.162 e. The first-order chi connectivity index (χ1) is 9.51. The summed E-state index contributed by atoms with van der Waals surface area (Å²) in [6.07, 6.45) is 0.843. The molecule has 0 spiro atoms. The molecule has 0 bridgehead atoms. The Hall–Kier alpha value is -2.04. The van der Waals surface area contributed by atoms with Gasteiger partial charge in [-0.15, -0.1) is 0 Å². The van der Waals surface area contributed by atoms with Gasteiger partial charge in [0.05, 0.1) is 5.69 Å². The van der Waals surface area contributed by atoms with E-state index in [-0.39, 0.29) is 24.2 Å². The molecule has 0 radical (unpaired) electrons. The Bertz CT molecular complexity index is 635. The van der Waals surface area contributed by atoms with Crippen molar-refractivity contribution in [3.63, 3.8) is 0 Å². The van der Waals surface area contributed by atoms with E-state index in [2.05, 4.69) is 5.10 Å². The molecule has 106 valence electrons. The highest BCUT2D eigenvalue weighted by molar-refractivity contribution is 5.82. The maximum atomic E-state index is 13.5. The van der Waals surface area contributed by atoms with E-state index in [4.69, 9.17) is 0 Å². The van der Waals surface area contributed by atoms with Crippen LogP contribution in [0.2, 0.25) is 0 Å². The molecular formula is C15H16F2N2O. The molecule has 1 aromatic heterocycles. The number of ketones is 1. The Balaban J connectivity index is 2.09. The average Bonchev–Trinajstić information content (AvgIpc) is 2.76. The van der Waals surface area contributed by atoms with Gasteiger partial charge in [-0.2, -0.15) is 5.10 Å². The standard InChI is InChI=1S/C15H16F2N2O/c1-3-11-8-12(19(2)18-11)9-13(20)7-10-5-4-6-14(16)15(10)17/h4-6,8H,3,7,9H2,1-2H3. The summed E-state index contributed by atoms with van der Waals surface area (Å²) in [5.41, 5.74) is 1.78. The van der Waals surface area contributed by atoms with Crippen LogP contribution in [0, 0.1) is 11.6 Å². The molecule has 1 heterocycles. The minimum Gasteiger partial charge on any atom is -0.299 e. The summed E-state index contributed by atoms with van der Waals surface area (Å²) in [5.74, 6) is -2.04. The molecule has 0 fully saturated rings. The Morgan fingerprint density at radius 3 is 2.70 bits per heavy atom. The van der Waals surface area contributed by atoms with Crippen LogP contribution in [-0.4, -0.2) is 15.6 Å². The van der Waals surface area contributed by atoms with Gasteiger partial charge < -0.3 is 0 Å². The van der Waals surface area contributed by atoms with Crippen LogP contribution in [0.3, 0.4) is 0 Å². The van der Waals surface area contributed by atoms with Gasteiger partial charge in [0.15, 0.2) is 11.6 Å². The highest BCUT2D eigenvalue weighted by Gasteiger charge is 2.14. The third-order valence-electron chi connectivity index (χ3n) is 3.19. The molecule has 20 heavy (non-hydrogen) atoms. The fourth-order valence-electron chi connectivity index (χ4n) is 2.07. The van der Waals surface area contributed by atoms with Gasteiger partial charge in [-0.1, -0.05) is 19.1 Å². The van der Waals surface area contributed by atoms with Crippen molar-refractivity contribution >= 4 is 5.78 Å². The SMILES string of the molecule is CCc1cc(CC(=O)Cc2cccc(F)c2F)n(C)n1. The topological polar surface area (TPSA) is 34.9 Å². The van der Waals surface area contributed by atoms with Crippen molar-refractivity contribution < 1.29 is 13.6 Å². The van der Waals surface area contributed by atoms with Crippen molar-refractivity contribution in [1.29, 1.82) is 0 Å². The average molecular weight is 278 g/mol. The smallest absolute Gasteiger partial charge is 0.162 e. The summed E-state index contributed by atoms with van der Waals surface area (Å²) < 4.78 is 28.2. The molecule has 5 heteroatoms. The van der Waals surface area contributed by atoms with Crippen LogP contribution in [0.15, 0.2) is 24.3 Å². The van der Waals surface area contributed by atoms with Gasteiger partial charge in [0.2, 0.25) is 0 Å². The lowest BCUT2D eigenvalue weighted by Gasteiger charge is -2.04. The van der Waals surface area contributed by atoms with E-state index in [1.807, 2.05) is 13.0 Å². The van der Waals surface area contributed by atoms with Crippen molar-refractivity contribution in [3.8, 4) is 0 Å². The van der Waals surface area contributed by atoms with Crippen LogP contribution in [0.5, 0.6) is 0 Å². The third kappa shape index (κ3) is 3.10. The molecule has 1 aromatic carbocycles. The lowest BCUT2D eigenvalue weighted by molar-refractivity contribution is -0.117. The van der Waals surface area contributed by atoms with E-state index in [0.717, 1.165) is 23.9 Å². The number of nitrogens with zero attached hydrogens (tertiary/aromatic N) is 2. The summed E-state index contributed by atoms with van der Waals surface area (Å²) in [5, 5.41) is 4.25. The van der Waals surface area contributed by atoms with Crippen LogP contribution in [-0.2, 0) is 31.1 Å². The molecule has 0 N–H and O–H groups in total. The number of aryl methyl sites for hydroxylation is 2. The van der Waals surface area contributed by atoms with Gasteiger partial charge >= 0.3 is 0 Å². The normalized spacial score (nSPS) is 10.8. The molecule has 0 atom stereocenters. The molecule has 0 aliphatic rings. The summed E-state index contributed by atoms with van der Waals surface area (Å²) in [6, 6.07) is 5.73. The number of hydrogen-bond donors (Lipinski definition) is 0. The zero-order chi connectivity index (χ0) is 14.7. The predicted octanol–water partition coefficient (Wildman–Crippen LogP) is 2.62. The summed E-state index contributed by atoms with van der Waals surface area (Å²) >= 11 is 0. The molecule has 0 amide bonds. The van der Waals surface area contributed by atoms with Gasteiger partial charge in [-0.25, -0.2) is 8.78 Å². The zero-order valence-corrected chi connectivity index (χ0v) is 11.5. The van der Waals surface area contributed by atoms with Crippen LogP contribution >= 0.6 is 0 Å². The number of rotatable bonds is 5. The van der Waals surface area contributed by atoms with Gasteiger partial charge in [-0.05, 0) is 24.1 Å². The largest absolute Gasteiger partial charge is 0.299 e. The molecule has 3 nitrogen and oxygen atoms in total. The lowest BCUT2D eigenvalue weighted by Crippen LogP contribution is -2.11. The van der Waals surface area contributed by atoms with Crippen molar-refractivity contribution in [1.82, 2.24) is 9.78 Å². The molecule has 0 saturated heterocycles. The number of hydrogen-bond acceptors (Lipinski definition) is 2. The molecule has 0 aliphatic carbocycles. The van der Waals surface area contributed by atoms with E-state index in [0.29, 0.717) is 0 Å². The second-order valence-corrected chi connectivity index (χ2v) is 4.71. The number of Topliss-reactive ketones (excluding diaryl/α,β-unsaturated/α-hetero) is 1. The minimum absolute atomic E-state index is 0.0906. The molecule has 2 aromatic rings. The molecule has 0 aliphatic heterocycles.